The molecule has 0 N–H and O–H groups in total. The number of allylic oxidation sites excluding steroid dienone is 3. The van der Waals surface area contributed by atoms with Crippen molar-refractivity contribution in [2.45, 2.75) is 26.2 Å². The van der Waals surface area contributed by atoms with Gasteiger partial charge in [-0.25, -0.2) is 0 Å². The predicted octanol–water partition coefficient (Wildman–Crippen LogP) is 2.32. The average Bonchev–Trinajstić information content (AvgIpc) is 2.04. The molecule has 0 amide bonds. The van der Waals surface area contributed by atoms with Crippen LogP contribution in [0.4, 0.5) is 0 Å². The number of fused-ring (bicyclic) bond motifs is 1. The topological polar surface area (TPSA) is 3.24 Å². The Bertz CT molecular complexity index is 213. The molecule has 0 aromatic carbocycles. The van der Waals surface area contributed by atoms with E-state index in [1.165, 1.54) is 31.4 Å². The fourth-order valence-electron chi connectivity index (χ4n) is 1.86. The van der Waals surface area contributed by atoms with Crippen molar-refractivity contribution >= 4 is 0 Å². The molecule has 0 aromatic heterocycles. The second-order valence-electron chi connectivity index (χ2n) is 3.49. The van der Waals surface area contributed by atoms with Gasteiger partial charge in [-0.2, -0.15) is 0 Å². The lowest BCUT2D eigenvalue weighted by atomic mass is 10.0. The minimum atomic E-state index is 1.15. The first-order chi connectivity index (χ1) is 5.36. The van der Waals surface area contributed by atoms with Crippen LogP contribution in [0.1, 0.15) is 26.2 Å². The van der Waals surface area contributed by atoms with Gasteiger partial charge in [0, 0.05) is 18.8 Å². The summed E-state index contributed by atoms with van der Waals surface area (Å²) in [6, 6.07) is 0. The molecule has 1 nitrogen and oxygen atoms in total. The lowest BCUT2D eigenvalue weighted by Gasteiger charge is -2.33. The Morgan fingerprint density at radius 1 is 1.36 bits per heavy atom. The van der Waals surface area contributed by atoms with Gasteiger partial charge >= 0.3 is 0 Å². The van der Waals surface area contributed by atoms with Crippen LogP contribution >= 0.6 is 0 Å². The van der Waals surface area contributed by atoms with Gasteiger partial charge in [-0.15, -0.1) is 0 Å². The Hall–Kier alpha value is -0.720. The number of hydrogen-bond donors (Lipinski definition) is 0. The molecule has 0 atom stereocenters. The van der Waals surface area contributed by atoms with Gasteiger partial charge in [0.25, 0.3) is 0 Å². The zero-order valence-corrected chi connectivity index (χ0v) is 7.14. The Kier molecular flexibility index (Phi) is 1.72. The van der Waals surface area contributed by atoms with Gasteiger partial charge in [-0.3, -0.25) is 0 Å². The molecule has 2 rings (SSSR count). The fourth-order valence-corrected chi connectivity index (χ4v) is 1.86. The Labute approximate surface area is 68.4 Å². The highest BCUT2D eigenvalue weighted by Gasteiger charge is 2.15. The molecule has 60 valence electrons. The highest BCUT2D eigenvalue weighted by Crippen LogP contribution is 2.24. The largest absolute Gasteiger partial charge is 0.371 e. The van der Waals surface area contributed by atoms with E-state index in [0.29, 0.717) is 0 Å². The van der Waals surface area contributed by atoms with Gasteiger partial charge in [0.1, 0.15) is 0 Å². The van der Waals surface area contributed by atoms with E-state index in [9.17, 15) is 0 Å². The number of nitrogens with zero attached hydrogens (tertiary/aromatic N) is 1. The molecule has 0 saturated carbocycles. The van der Waals surface area contributed by atoms with Crippen molar-refractivity contribution in [3.63, 3.8) is 0 Å². The SMILES string of the molecule is CC1=CCN2CCCCC2=C1. The minimum absolute atomic E-state index is 1.15. The number of rotatable bonds is 0. The summed E-state index contributed by atoms with van der Waals surface area (Å²) in [4.78, 5) is 2.50. The van der Waals surface area contributed by atoms with Gasteiger partial charge in [0.15, 0.2) is 0 Å². The quantitative estimate of drug-likeness (QED) is 0.511. The van der Waals surface area contributed by atoms with E-state index in [-0.39, 0.29) is 0 Å². The lowest BCUT2D eigenvalue weighted by molar-refractivity contribution is 0.312. The van der Waals surface area contributed by atoms with Crippen LogP contribution in [0.3, 0.4) is 0 Å². The molecule has 0 unspecified atom stereocenters. The smallest absolute Gasteiger partial charge is 0.0362 e. The molecular formula is C10H15N. The molecule has 2 aliphatic heterocycles. The predicted molar refractivity (Wildman–Crippen MR) is 47.3 cm³/mol. The Morgan fingerprint density at radius 3 is 3.18 bits per heavy atom. The highest BCUT2D eigenvalue weighted by molar-refractivity contribution is 5.26. The summed E-state index contributed by atoms with van der Waals surface area (Å²) in [6.07, 6.45) is 8.71. The van der Waals surface area contributed by atoms with E-state index in [1.807, 2.05) is 0 Å². The molecule has 2 heterocycles. The van der Waals surface area contributed by atoms with Crippen LogP contribution in [0.25, 0.3) is 0 Å². The average molecular weight is 149 g/mol. The van der Waals surface area contributed by atoms with Crippen molar-refractivity contribution < 1.29 is 0 Å². The monoisotopic (exact) mass is 149 g/mol. The van der Waals surface area contributed by atoms with Gasteiger partial charge in [0.2, 0.25) is 0 Å². The van der Waals surface area contributed by atoms with Crippen molar-refractivity contribution in [1.29, 1.82) is 0 Å². The maximum atomic E-state index is 2.50. The Balaban J connectivity index is 2.17. The first-order valence-corrected chi connectivity index (χ1v) is 4.48. The normalized spacial score (nSPS) is 23.9. The standard InChI is InChI=1S/C10H15N/c1-9-5-7-11-6-3-2-4-10(11)8-9/h5,8H,2-4,6-7H2,1H3. The fraction of sp³-hybridized carbons (Fsp3) is 0.600. The highest BCUT2D eigenvalue weighted by atomic mass is 15.1. The summed E-state index contributed by atoms with van der Waals surface area (Å²) in [5.74, 6) is 0. The van der Waals surface area contributed by atoms with E-state index in [2.05, 4.69) is 24.0 Å². The summed E-state index contributed by atoms with van der Waals surface area (Å²) in [6.45, 7) is 4.62. The van der Waals surface area contributed by atoms with Crippen LogP contribution in [0.15, 0.2) is 23.4 Å². The van der Waals surface area contributed by atoms with Crippen molar-refractivity contribution in [3.05, 3.63) is 23.4 Å². The molecule has 0 bridgehead atoms. The van der Waals surface area contributed by atoms with Gasteiger partial charge in [-0.05, 0) is 32.3 Å². The maximum Gasteiger partial charge on any atom is 0.0362 e. The van der Waals surface area contributed by atoms with E-state index in [4.69, 9.17) is 0 Å². The molecule has 2 aliphatic rings. The first-order valence-electron chi connectivity index (χ1n) is 4.48. The molecule has 11 heavy (non-hydrogen) atoms. The number of hydrogen-bond acceptors (Lipinski definition) is 1. The van der Waals surface area contributed by atoms with Crippen molar-refractivity contribution in [2.75, 3.05) is 13.1 Å². The van der Waals surface area contributed by atoms with Crippen LogP contribution < -0.4 is 0 Å². The molecular weight excluding hydrogens is 134 g/mol. The third kappa shape index (κ3) is 1.32. The lowest BCUT2D eigenvalue weighted by Crippen LogP contribution is -2.29. The van der Waals surface area contributed by atoms with Gasteiger partial charge in [-0.1, -0.05) is 11.6 Å². The maximum absolute atomic E-state index is 2.50. The van der Waals surface area contributed by atoms with Crippen LogP contribution in [-0.2, 0) is 0 Å². The molecule has 1 saturated heterocycles. The van der Waals surface area contributed by atoms with Crippen molar-refractivity contribution in [1.82, 2.24) is 4.90 Å². The van der Waals surface area contributed by atoms with Crippen LogP contribution in [-0.4, -0.2) is 18.0 Å². The third-order valence-electron chi connectivity index (χ3n) is 2.55. The first kappa shape index (κ1) is 6.96. The summed E-state index contributed by atoms with van der Waals surface area (Å²) in [5.41, 5.74) is 3.01. The van der Waals surface area contributed by atoms with Crippen LogP contribution in [0, 0.1) is 0 Å². The molecule has 1 fully saturated rings. The third-order valence-corrected chi connectivity index (χ3v) is 2.55. The molecule has 0 aromatic rings. The zero-order valence-electron chi connectivity index (χ0n) is 7.14. The molecule has 0 radical (unpaired) electrons. The van der Waals surface area contributed by atoms with E-state index in [0.717, 1.165) is 6.54 Å². The van der Waals surface area contributed by atoms with E-state index >= 15 is 0 Å². The summed E-state index contributed by atoms with van der Waals surface area (Å²) in [5, 5.41) is 0. The number of piperidine rings is 1. The summed E-state index contributed by atoms with van der Waals surface area (Å²) >= 11 is 0. The van der Waals surface area contributed by atoms with Gasteiger partial charge < -0.3 is 4.90 Å². The van der Waals surface area contributed by atoms with Crippen LogP contribution in [0.5, 0.6) is 0 Å². The minimum Gasteiger partial charge on any atom is -0.371 e. The van der Waals surface area contributed by atoms with Crippen molar-refractivity contribution in [3.8, 4) is 0 Å². The molecule has 0 spiro atoms. The summed E-state index contributed by atoms with van der Waals surface area (Å²) < 4.78 is 0. The molecule has 0 aliphatic carbocycles. The zero-order chi connectivity index (χ0) is 7.68. The van der Waals surface area contributed by atoms with Gasteiger partial charge in [0.05, 0.1) is 0 Å². The Morgan fingerprint density at radius 2 is 2.27 bits per heavy atom. The van der Waals surface area contributed by atoms with Crippen molar-refractivity contribution in [2.24, 2.45) is 0 Å². The van der Waals surface area contributed by atoms with Crippen LogP contribution in [0.2, 0.25) is 0 Å². The van der Waals surface area contributed by atoms with E-state index in [1.54, 1.807) is 5.70 Å². The van der Waals surface area contributed by atoms with E-state index < -0.39 is 0 Å². The molecule has 1 heteroatoms. The second kappa shape index (κ2) is 2.72. The second-order valence-corrected chi connectivity index (χ2v) is 3.49. The summed E-state index contributed by atoms with van der Waals surface area (Å²) in [7, 11) is 0.